The number of carbonyl (C=O) groups excluding carboxylic acids is 2. The van der Waals surface area contributed by atoms with Crippen molar-refractivity contribution in [3.05, 3.63) is 17.0 Å². The standard InChI is InChI=1S/C12H17NO5S/c1-3-18-12(15)9-4-7-19-11(9)13-10(14)8-17-6-5-16-2/h4,7H,3,5-6,8H2,1-2H3,(H,13,14). The van der Waals surface area contributed by atoms with Gasteiger partial charge in [0.25, 0.3) is 5.91 Å². The van der Waals surface area contributed by atoms with E-state index >= 15 is 0 Å². The molecule has 0 aliphatic rings. The molecule has 106 valence electrons. The summed E-state index contributed by atoms with van der Waals surface area (Å²) in [6, 6.07) is 1.62. The van der Waals surface area contributed by atoms with Crippen LogP contribution in [0.5, 0.6) is 0 Å². The minimum absolute atomic E-state index is 0.0798. The molecule has 19 heavy (non-hydrogen) atoms. The SMILES string of the molecule is CCOC(=O)c1ccsc1NC(=O)COCCOC. The van der Waals surface area contributed by atoms with Crippen molar-refractivity contribution < 1.29 is 23.8 Å². The van der Waals surface area contributed by atoms with Crippen molar-refractivity contribution in [3.8, 4) is 0 Å². The summed E-state index contributed by atoms with van der Waals surface area (Å²) in [4.78, 5) is 23.2. The molecule has 0 atom stereocenters. The summed E-state index contributed by atoms with van der Waals surface area (Å²) >= 11 is 1.26. The summed E-state index contributed by atoms with van der Waals surface area (Å²) in [5, 5.41) is 4.81. The molecule has 1 heterocycles. The molecule has 1 N–H and O–H groups in total. The monoisotopic (exact) mass is 287 g/mol. The number of methoxy groups -OCH3 is 1. The van der Waals surface area contributed by atoms with E-state index in [0.29, 0.717) is 30.4 Å². The van der Waals surface area contributed by atoms with Gasteiger partial charge in [0, 0.05) is 7.11 Å². The molecule has 0 aromatic carbocycles. The Morgan fingerprint density at radius 3 is 2.84 bits per heavy atom. The molecule has 0 aliphatic carbocycles. The third-order valence-electron chi connectivity index (χ3n) is 2.08. The van der Waals surface area contributed by atoms with Crippen molar-refractivity contribution in [1.29, 1.82) is 0 Å². The third-order valence-corrected chi connectivity index (χ3v) is 2.91. The second-order valence-corrected chi connectivity index (χ2v) is 4.39. The second-order valence-electron chi connectivity index (χ2n) is 3.48. The second kappa shape index (κ2) is 8.63. The van der Waals surface area contributed by atoms with Gasteiger partial charge in [0.05, 0.1) is 25.4 Å². The third kappa shape index (κ3) is 5.37. The van der Waals surface area contributed by atoms with Crippen molar-refractivity contribution in [3.63, 3.8) is 0 Å². The smallest absolute Gasteiger partial charge is 0.341 e. The van der Waals surface area contributed by atoms with Gasteiger partial charge in [0.15, 0.2) is 0 Å². The highest BCUT2D eigenvalue weighted by molar-refractivity contribution is 7.14. The molecule has 0 spiro atoms. The minimum Gasteiger partial charge on any atom is -0.462 e. The fourth-order valence-corrected chi connectivity index (χ4v) is 2.04. The summed E-state index contributed by atoms with van der Waals surface area (Å²) in [5.74, 6) is -0.761. The van der Waals surface area contributed by atoms with E-state index < -0.39 is 5.97 Å². The zero-order valence-electron chi connectivity index (χ0n) is 10.9. The van der Waals surface area contributed by atoms with Crippen molar-refractivity contribution in [2.24, 2.45) is 0 Å². The predicted molar refractivity (Wildman–Crippen MR) is 71.6 cm³/mol. The van der Waals surface area contributed by atoms with E-state index in [9.17, 15) is 9.59 Å². The van der Waals surface area contributed by atoms with Gasteiger partial charge in [-0.05, 0) is 18.4 Å². The Morgan fingerprint density at radius 1 is 1.37 bits per heavy atom. The zero-order valence-corrected chi connectivity index (χ0v) is 11.7. The summed E-state index contributed by atoms with van der Waals surface area (Å²) in [6.07, 6.45) is 0. The Hall–Kier alpha value is -1.44. The molecule has 0 saturated heterocycles. The number of esters is 1. The quantitative estimate of drug-likeness (QED) is 0.580. The lowest BCUT2D eigenvalue weighted by Crippen LogP contribution is -2.20. The van der Waals surface area contributed by atoms with Gasteiger partial charge < -0.3 is 19.5 Å². The molecule has 0 fully saturated rings. The lowest BCUT2D eigenvalue weighted by atomic mass is 10.3. The summed E-state index contributed by atoms with van der Waals surface area (Å²) in [5.41, 5.74) is 0.358. The average Bonchev–Trinajstić information content (AvgIpc) is 2.83. The van der Waals surface area contributed by atoms with E-state index in [0.717, 1.165) is 0 Å². The van der Waals surface area contributed by atoms with Crippen LogP contribution in [0.15, 0.2) is 11.4 Å². The molecular formula is C12H17NO5S. The number of amides is 1. The summed E-state index contributed by atoms with van der Waals surface area (Å²) in [7, 11) is 1.56. The number of thiophene rings is 1. The maximum atomic E-state index is 11.6. The number of rotatable bonds is 8. The van der Waals surface area contributed by atoms with Gasteiger partial charge in [-0.25, -0.2) is 4.79 Å². The Labute approximate surface area is 115 Å². The number of hydrogen-bond acceptors (Lipinski definition) is 6. The number of nitrogens with one attached hydrogen (secondary N) is 1. The lowest BCUT2D eigenvalue weighted by Gasteiger charge is -2.06. The van der Waals surface area contributed by atoms with Gasteiger partial charge in [-0.3, -0.25) is 4.79 Å². The largest absolute Gasteiger partial charge is 0.462 e. The summed E-state index contributed by atoms with van der Waals surface area (Å²) in [6.45, 7) is 2.72. The van der Waals surface area contributed by atoms with E-state index in [4.69, 9.17) is 14.2 Å². The molecule has 1 aromatic rings. The van der Waals surface area contributed by atoms with Gasteiger partial charge in [0.1, 0.15) is 11.6 Å². The van der Waals surface area contributed by atoms with Crippen molar-refractivity contribution in [1.82, 2.24) is 0 Å². The van der Waals surface area contributed by atoms with Crippen LogP contribution < -0.4 is 5.32 Å². The van der Waals surface area contributed by atoms with E-state index in [1.54, 1.807) is 25.5 Å². The van der Waals surface area contributed by atoms with Crippen LogP contribution in [0.3, 0.4) is 0 Å². The molecule has 0 saturated carbocycles. The highest BCUT2D eigenvalue weighted by Gasteiger charge is 2.15. The molecule has 0 unspecified atom stereocenters. The Morgan fingerprint density at radius 2 is 2.16 bits per heavy atom. The topological polar surface area (TPSA) is 73.9 Å². The van der Waals surface area contributed by atoms with Gasteiger partial charge in [-0.2, -0.15) is 0 Å². The molecule has 1 amide bonds. The van der Waals surface area contributed by atoms with Gasteiger partial charge in [0.2, 0.25) is 0 Å². The van der Waals surface area contributed by atoms with Crippen LogP contribution in [-0.2, 0) is 19.0 Å². The molecule has 7 heteroatoms. The van der Waals surface area contributed by atoms with E-state index in [2.05, 4.69) is 5.32 Å². The first-order chi connectivity index (χ1) is 9.19. The lowest BCUT2D eigenvalue weighted by molar-refractivity contribution is -0.121. The zero-order chi connectivity index (χ0) is 14.1. The van der Waals surface area contributed by atoms with Crippen molar-refractivity contribution in [2.75, 3.05) is 38.9 Å². The van der Waals surface area contributed by atoms with Crippen LogP contribution in [0.1, 0.15) is 17.3 Å². The predicted octanol–water partition coefficient (Wildman–Crippen LogP) is 1.53. The molecule has 1 aromatic heterocycles. The number of anilines is 1. The number of ether oxygens (including phenoxy) is 3. The maximum absolute atomic E-state index is 11.6. The van der Waals surface area contributed by atoms with E-state index in [-0.39, 0.29) is 12.5 Å². The Balaban J connectivity index is 2.46. The highest BCUT2D eigenvalue weighted by atomic mass is 32.1. The van der Waals surface area contributed by atoms with Gasteiger partial charge >= 0.3 is 5.97 Å². The molecule has 0 aliphatic heterocycles. The first-order valence-electron chi connectivity index (χ1n) is 5.80. The van der Waals surface area contributed by atoms with Crippen molar-refractivity contribution in [2.45, 2.75) is 6.92 Å². The van der Waals surface area contributed by atoms with E-state index in [1.165, 1.54) is 11.3 Å². The van der Waals surface area contributed by atoms with Crippen LogP contribution in [0, 0.1) is 0 Å². The van der Waals surface area contributed by atoms with Crippen LogP contribution in [0.2, 0.25) is 0 Å². The maximum Gasteiger partial charge on any atom is 0.341 e. The Kier molecular flexibility index (Phi) is 7.09. The fourth-order valence-electron chi connectivity index (χ4n) is 1.25. The van der Waals surface area contributed by atoms with Gasteiger partial charge in [-0.1, -0.05) is 0 Å². The molecular weight excluding hydrogens is 270 g/mol. The van der Waals surface area contributed by atoms with Crippen LogP contribution in [-0.4, -0.2) is 45.4 Å². The fraction of sp³-hybridized carbons (Fsp3) is 0.500. The average molecular weight is 287 g/mol. The number of carbonyl (C=O) groups is 2. The van der Waals surface area contributed by atoms with Crippen LogP contribution in [0.25, 0.3) is 0 Å². The Bertz CT molecular complexity index is 418. The normalized spacial score (nSPS) is 10.2. The first-order valence-corrected chi connectivity index (χ1v) is 6.68. The highest BCUT2D eigenvalue weighted by Crippen LogP contribution is 2.23. The van der Waals surface area contributed by atoms with Crippen molar-refractivity contribution >= 4 is 28.2 Å². The summed E-state index contributed by atoms with van der Waals surface area (Å²) < 4.78 is 14.8. The molecule has 0 radical (unpaired) electrons. The molecule has 0 bridgehead atoms. The minimum atomic E-state index is -0.445. The molecule has 1 rings (SSSR count). The van der Waals surface area contributed by atoms with E-state index in [1.807, 2.05) is 0 Å². The van der Waals surface area contributed by atoms with Crippen LogP contribution >= 0.6 is 11.3 Å². The first kappa shape index (κ1) is 15.6. The van der Waals surface area contributed by atoms with Gasteiger partial charge in [-0.15, -0.1) is 11.3 Å². The molecule has 6 nitrogen and oxygen atoms in total. The number of hydrogen-bond donors (Lipinski definition) is 1. The van der Waals surface area contributed by atoms with Crippen LogP contribution in [0.4, 0.5) is 5.00 Å².